The van der Waals surface area contributed by atoms with Gasteiger partial charge >= 0.3 is 0 Å². The molecule has 19 heavy (non-hydrogen) atoms. The van der Waals surface area contributed by atoms with Gasteiger partial charge in [0.15, 0.2) is 0 Å². The van der Waals surface area contributed by atoms with E-state index in [-0.39, 0.29) is 11.9 Å². The van der Waals surface area contributed by atoms with Crippen molar-refractivity contribution in [1.29, 1.82) is 0 Å². The van der Waals surface area contributed by atoms with Crippen LogP contribution in [0.15, 0.2) is 0 Å². The van der Waals surface area contributed by atoms with E-state index >= 15 is 0 Å². The molecule has 2 rings (SSSR count). The summed E-state index contributed by atoms with van der Waals surface area (Å²) in [6.45, 7) is 7.04. The van der Waals surface area contributed by atoms with Crippen LogP contribution in [0.5, 0.6) is 0 Å². The van der Waals surface area contributed by atoms with Crippen molar-refractivity contribution in [3.63, 3.8) is 0 Å². The number of carbonyl (C=O) groups is 1. The Morgan fingerprint density at radius 2 is 2.05 bits per heavy atom. The minimum Gasteiger partial charge on any atom is -0.378 e. The monoisotopic (exact) mass is 269 g/mol. The first-order valence-electron chi connectivity index (χ1n) is 7.49. The van der Waals surface area contributed by atoms with E-state index in [2.05, 4.69) is 17.3 Å². The Labute approximate surface area is 116 Å². The maximum absolute atomic E-state index is 12.5. The number of hydrogen-bond acceptors (Lipinski definition) is 4. The topological polar surface area (TPSA) is 44.8 Å². The molecule has 0 aliphatic carbocycles. The second-order valence-corrected chi connectivity index (χ2v) is 5.61. The number of morpholine rings is 1. The molecule has 1 N–H and O–H groups in total. The summed E-state index contributed by atoms with van der Waals surface area (Å²) in [5.41, 5.74) is 0. The van der Waals surface area contributed by atoms with Crippen molar-refractivity contribution in [2.75, 3.05) is 46.4 Å². The van der Waals surface area contributed by atoms with Crippen LogP contribution in [0.4, 0.5) is 0 Å². The number of amides is 1. The highest BCUT2D eigenvalue weighted by atomic mass is 16.5. The van der Waals surface area contributed by atoms with E-state index < -0.39 is 0 Å². The van der Waals surface area contributed by atoms with Crippen LogP contribution in [0.1, 0.15) is 26.2 Å². The largest absolute Gasteiger partial charge is 0.378 e. The van der Waals surface area contributed by atoms with Crippen molar-refractivity contribution in [3.05, 3.63) is 0 Å². The Bertz CT molecular complexity index is 284. The first kappa shape index (κ1) is 14.8. The summed E-state index contributed by atoms with van der Waals surface area (Å²) < 4.78 is 5.31. The second kappa shape index (κ2) is 7.22. The molecule has 2 aliphatic heterocycles. The third-order valence-electron chi connectivity index (χ3n) is 4.41. The van der Waals surface area contributed by atoms with Crippen LogP contribution in [0.25, 0.3) is 0 Å². The lowest BCUT2D eigenvalue weighted by Crippen LogP contribution is -2.52. The van der Waals surface area contributed by atoms with E-state index in [0.29, 0.717) is 19.3 Å². The van der Waals surface area contributed by atoms with Crippen molar-refractivity contribution in [2.24, 2.45) is 0 Å². The highest BCUT2D eigenvalue weighted by molar-refractivity contribution is 5.81. The molecule has 2 aliphatic rings. The SMILES string of the molecule is CC(C(=O)N1CCOCC1)N(C)C1CCCNCC1. The number of nitrogens with one attached hydrogen (secondary N) is 1. The predicted octanol–water partition coefficient (Wildman–Crippen LogP) is 0.308. The molecule has 0 aromatic rings. The van der Waals surface area contributed by atoms with E-state index in [0.717, 1.165) is 32.6 Å². The lowest BCUT2D eigenvalue weighted by molar-refractivity contribution is -0.140. The van der Waals surface area contributed by atoms with Crippen LogP contribution in [-0.4, -0.2) is 74.2 Å². The second-order valence-electron chi connectivity index (χ2n) is 5.61. The van der Waals surface area contributed by atoms with Crippen LogP contribution < -0.4 is 5.32 Å². The van der Waals surface area contributed by atoms with E-state index in [4.69, 9.17) is 4.74 Å². The van der Waals surface area contributed by atoms with Gasteiger partial charge in [0.1, 0.15) is 0 Å². The Kier molecular flexibility index (Phi) is 5.60. The molecular weight excluding hydrogens is 242 g/mol. The van der Waals surface area contributed by atoms with Gasteiger partial charge in [-0.15, -0.1) is 0 Å². The molecule has 0 bridgehead atoms. The Balaban J connectivity index is 1.89. The van der Waals surface area contributed by atoms with Gasteiger partial charge in [0.25, 0.3) is 0 Å². The number of nitrogens with zero attached hydrogens (tertiary/aromatic N) is 2. The third-order valence-corrected chi connectivity index (χ3v) is 4.41. The molecule has 0 aromatic heterocycles. The summed E-state index contributed by atoms with van der Waals surface area (Å²) in [7, 11) is 2.10. The fourth-order valence-corrected chi connectivity index (χ4v) is 2.95. The van der Waals surface area contributed by atoms with Crippen LogP contribution in [0.2, 0.25) is 0 Å². The lowest BCUT2D eigenvalue weighted by Gasteiger charge is -2.36. The number of rotatable bonds is 3. The fourth-order valence-electron chi connectivity index (χ4n) is 2.95. The molecule has 2 fully saturated rings. The van der Waals surface area contributed by atoms with Crippen molar-refractivity contribution in [3.8, 4) is 0 Å². The van der Waals surface area contributed by atoms with E-state index in [1.165, 1.54) is 12.8 Å². The van der Waals surface area contributed by atoms with E-state index in [1.54, 1.807) is 0 Å². The van der Waals surface area contributed by atoms with Crippen LogP contribution in [0, 0.1) is 0 Å². The molecule has 2 atom stereocenters. The van der Waals surface area contributed by atoms with Crippen molar-refractivity contribution >= 4 is 5.91 Å². The smallest absolute Gasteiger partial charge is 0.239 e. The molecule has 2 heterocycles. The van der Waals surface area contributed by atoms with Gasteiger partial charge in [-0.2, -0.15) is 0 Å². The first-order chi connectivity index (χ1) is 9.20. The van der Waals surface area contributed by atoms with Gasteiger partial charge in [0.2, 0.25) is 5.91 Å². The third kappa shape index (κ3) is 3.91. The van der Waals surface area contributed by atoms with E-state index in [1.807, 2.05) is 11.8 Å². The number of likely N-dealkylation sites (N-methyl/N-ethyl adjacent to an activating group) is 1. The molecule has 110 valence electrons. The predicted molar refractivity (Wildman–Crippen MR) is 75.1 cm³/mol. The molecule has 0 saturated carbocycles. The highest BCUT2D eigenvalue weighted by Crippen LogP contribution is 2.16. The summed E-state index contributed by atoms with van der Waals surface area (Å²) in [5, 5.41) is 3.43. The normalized spacial score (nSPS) is 27.1. The zero-order valence-electron chi connectivity index (χ0n) is 12.2. The molecular formula is C14H27N3O2. The minimum atomic E-state index is -0.0267. The number of hydrogen-bond donors (Lipinski definition) is 1. The molecule has 0 radical (unpaired) electrons. The van der Waals surface area contributed by atoms with Crippen molar-refractivity contribution < 1.29 is 9.53 Å². The van der Waals surface area contributed by atoms with Crippen molar-refractivity contribution in [2.45, 2.75) is 38.3 Å². The number of carbonyl (C=O) groups excluding carboxylic acids is 1. The standard InChI is InChI=1S/C14H27N3O2/c1-12(14(18)17-8-10-19-11-9-17)16(2)13-4-3-6-15-7-5-13/h12-13,15H,3-11H2,1-2H3. The molecule has 1 amide bonds. The maximum Gasteiger partial charge on any atom is 0.239 e. The van der Waals surface area contributed by atoms with Crippen LogP contribution in [0.3, 0.4) is 0 Å². The van der Waals surface area contributed by atoms with Gasteiger partial charge in [-0.1, -0.05) is 0 Å². The molecule has 0 aromatic carbocycles. The van der Waals surface area contributed by atoms with Gasteiger partial charge in [-0.25, -0.2) is 0 Å². The Hall–Kier alpha value is -0.650. The zero-order valence-corrected chi connectivity index (χ0v) is 12.2. The average molecular weight is 269 g/mol. The van der Waals surface area contributed by atoms with Gasteiger partial charge < -0.3 is 15.0 Å². The molecule has 5 nitrogen and oxygen atoms in total. The van der Waals surface area contributed by atoms with Gasteiger partial charge in [-0.05, 0) is 46.3 Å². The van der Waals surface area contributed by atoms with Crippen LogP contribution in [-0.2, 0) is 9.53 Å². The molecule has 5 heteroatoms. The quantitative estimate of drug-likeness (QED) is 0.801. The highest BCUT2D eigenvalue weighted by Gasteiger charge is 2.29. The van der Waals surface area contributed by atoms with Gasteiger partial charge in [0, 0.05) is 19.1 Å². The summed E-state index contributed by atoms with van der Waals surface area (Å²) >= 11 is 0. The number of ether oxygens (including phenoxy) is 1. The maximum atomic E-state index is 12.5. The zero-order chi connectivity index (χ0) is 13.7. The van der Waals surface area contributed by atoms with Crippen molar-refractivity contribution in [1.82, 2.24) is 15.1 Å². The average Bonchev–Trinajstić information content (AvgIpc) is 2.75. The Morgan fingerprint density at radius 1 is 1.32 bits per heavy atom. The first-order valence-corrected chi connectivity index (χ1v) is 7.49. The minimum absolute atomic E-state index is 0.0267. The summed E-state index contributed by atoms with van der Waals surface area (Å²) in [4.78, 5) is 16.7. The molecule has 2 saturated heterocycles. The van der Waals surface area contributed by atoms with E-state index in [9.17, 15) is 4.79 Å². The van der Waals surface area contributed by atoms with Crippen LogP contribution >= 0.6 is 0 Å². The summed E-state index contributed by atoms with van der Waals surface area (Å²) in [6.07, 6.45) is 3.52. The molecule has 2 unspecified atom stereocenters. The van der Waals surface area contributed by atoms with Gasteiger partial charge in [-0.3, -0.25) is 9.69 Å². The Morgan fingerprint density at radius 3 is 2.79 bits per heavy atom. The lowest BCUT2D eigenvalue weighted by atomic mass is 10.1. The van der Waals surface area contributed by atoms with Gasteiger partial charge in [0.05, 0.1) is 19.3 Å². The summed E-state index contributed by atoms with van der Waals surface area (Å²) in [5.74, 6) is 0.253. The molecule has 0 spiro atoms. The fraction of sp³-hybridized carbons (Fsp3) is 0.929. The summed E-state index contributed by atoms with van der Waals surface area (Å²) in [6, 6.07) is 0.496.